The van der Waals surface area contributed by atoms with Crippen molar-refractivity contribution in [1.29, 1.82) is 0 Å². The summed E-state index contributed by atoms with van der Waals surface area (Å²) in [5.74, 6) is -0.991. The summed E-state index contributed by atoms with van der Waals surface area (Å²) in [4.78, 5) is 0.988. The molecule has 1 aromatic heterocycles. The van der Waals surface area contributed by atoms with Crippen molar-refractivity contribution in [3.8, 4) is 0 Å². The van der Waals surface area contributed by atoms with Crippen LogP contribution in [0.3, 0.4) is 0 Å². The van der Waals surface area contributed by atoms with E-state index in [2.05, 4.69) is 5.10 Å². The second-order valence-corrected chi connectivity index (χ2v) is 5.19. The van der Waals surface area contributed by atoms with Crippen LogP contribution in [0.25, 0.3) is 0 Å². The topological polar surface area (TPSA) is 47.4 Å². The molecule has 0 saturated carbocycles. The molecule has 0 bridgehead atoms. The van der Waals surface area contributed by atoms with Gasteiger partial charge in [-0.05, 0) is 25.1 Å². The van der Waals surface area contributed by atoms with Crippen molar-refractivity contribution in [1.82, 2.24) is 14.3 Å². The summed E-state index contributed by atoms with van der Waals surface area (Å²) in [7, 11) is 1.26. The zero-order chi connectivity index (χ0) is 14.2. The SMILES string of the molecule is Cn1c(C(F)(F)F)nn(C[NH+]2CCC[C@@H](O)C2)c1=S. The van der Waals surface area contributed by atoms with E-state index < -0.39 is 18.1 Å². The third kappa shape index (κ3) is 3.15. The average molecular weight is 297 g/mol. The van der Waals surface area contributed by atoms with E-state index in [-0.39, 0.29) is 11.4 Å². The molecule has 1 aromatic rings. The van der Waals surface area contributed by atoms with E-state index >= 15 is 0 Å². The van der Waals surface area contributed by atoms with Crippen molar-refractivity contribution >= 4 is 12.2 Å². The standard InChI is InChI=1S/C10H15F3N4OS/c1-15-8(10(11,12)13)14-17(9(15)19)6-16-4-2-3-7(18)5-16/h7,18H,2-6H2,1H3/p+1/t7-/m1/s1. The van der Waals surface area contributed by atoms with Gasteiger partial charge in [-0.2, -0.15) is 17.9 Å². The molecule has 0 aliphatic carbocycles. The predicted molar refractivity (Wildman–Crippen MR) is 63.0 cm³/mol. The quantitative estimate of drug-likeness (QED) is 0.754. The van der Waals surface area contributed by atoms with E-state index in [9.17, 15) is 18.3 Å². The van der Waals surface area contributed by atoms with Gasteiger partial charge in [0.15, 0.2) is 6.67 Å². The lowest BCUT2D eigenvalue weighted by Gasteiger charge is -2.26. The van der Waals surface area contributed by atoms with Crippen molar-refractivity contribution in [2.45, 2.75) is 31.8 Å². The molecular formula is C10H16F3N4OS+. The second-order valence-electron chi connectivity index (χ2n) is 4.82. The van der Waals surface area contributed by atoms with E-state index in [4.69, 9.17) is 12.2 Å². The summed E-state index contributed by atoms with van der Waals surface area (Å²) >= 11 is 4.97. The Balaban J connectivity index is 2.19. The number of aliphatic hydroxyl groups is 1. The molecular weight excluding hydrogens is 281 g/mol. The molecule has 2 heterocycles. The first-order valence-corrected chi connectivity index (χ1v) is 6.42. The number of alkyl halides is 3. The van der Waals surface area contributed by atoms with Crippen molar-refractivity contribution in [3.63, 3.8) is 0 Å². The minimum Gasteiger partial charge on any atom is -0.387 e. The number of quaternary nitrogens is 1. The molecule has 1 fully saturated rings. The zero-order valence-electron chi connectivity index (χ0n) is 10.4. The van der Waals surface area contributed by atoms with Gasteiger partial charge in [0.25, 0.3) is 0 Å². The molecule has 1 aliphatic rings. The molecule has 0 aromatic carbocycles. The highest BCUT2D eigenvalue weighted by atomic mass is 32.1. The lowest BCUT2D eigenvalue weighted by atomic mass is 10.1. The van der Waals surface area contributed by atoms with E-state index in [1.165, 1.54) is 11.7 Å². The van der Waals surface area contributed by atoms with Crippen molar-refractivity contribution in [3.05, 3.63) is 10.6 Å². The third-order valence-corrected chi connectivity index (χ3v) is 3.74. The van der Waals surface area contributed by atoms with Gasteiger partial charge in [0.1, 0.15) is 12.6 Å². The Morgan fingerprint density at radius 1 is 1.53 bits per heavy atom. The molecule has 0 spiro atoms. The number of piperidine rings is 1. The fourth-order valence-corrected chi connectivity index (χ4v) is 2.51. The summed E-state index contributed by atoms with van der Waals surface area (Å²) in [6.07, 6.45) is -3.32. The number of hydrogen-bond donors (Lipinski definition) is 2. The van der Waals surface area contributed by atoms with Crippen LogP contribution in [0.15, 0.2) is 0 Å². The van der Waals surface area contributed by atoms with E-state index in [1.54, 1.807) is 0 Å². The van der Waals surface area contributed by atoms with E-state index in [1.807, 2.05) is 0 Å². The fourth-order valence-electron chi connectivity index (χ4n) is 2.32. The van der Waals surface area contributed by atoms with Gasteiger partial charge < -0.3 is 10.0 Å². The lowest BCUT2D eigenvalue weighted by molar-refractivity contribution is -0.931. The summed E-state index contributed by atoms with van der Waals surface area (Å²) in [6.45, 7) is 1.57. The van der Waals surface area contributed by atoms with E-state index in [0.717, 1.165) is 28.9 Å². The molecule has 1 saturated heterocycles. The normalized spacial score (nSPS) is 24.7. The van der Waals surface area contributed by atoms with Crippen LogP contribution in [-0.4, -0.2) is 38.6 Å². The number of nitrogens with zero attached hydrogens (tertiary/aromatic N) is 3. The van der Waals surface area contributed by atoms with Gasteiger partial charge >= 0.3 is 6.18 Å². The highest BCUT2D eigenvalue weighted by Gasteiger charge is 2.37. The Morgan fingerprint density at radius 2 is 2.21 bits per heavy atom. The smallest absolute Gasteiger partial charge is 0.387 e. The van der Waals surface area contributed by atoms with Crippen molar-refractivity contribution in [2.75, 3.05) is 13.1 Å². The molecule has 9 heteroatoms. The van der Waals surface area contributed by atoms with Crippen LogP contribution < -0.4 is 4.90 Å². The molecule has 1 unspecified atom stereocenters. The largest absolute Gasteiger partial charge is 0.451 e. The van der Waals surface area contributed by atoms with Crippen molar-refractivity contribution < 1.29 is 23.2 Å². The monoisotopic (exact) mass is 297 g/mol. The number of nitrogens with one attached hydrogen (secondary N) is 1. The van der Waals surface area contributed by atoms with Gasteiger partial charge in [0.2, 0.25) is 10.6 Å². The highest BCUT2D eigenvalue weighted by molar-refractivity contribution is 7.71. The number of aliphatic hydroxyl groups excluding tert-OH is 1. The number of hydrogen-bond acceptors (Lipinski definition) is 3. The Hall–Kier alpha value is -0.930. The van der Waals surface area contributed by atoms with Crippen molar-refractivity contribution in [2.24, 2.45) is 7.05 Å². The van der Waals surface area contributed by atoms with Gasteiger partial charge in [0, 0.05) is 7.05 Å². The minimum atomic E-state index is -4.51. The van der Waals surface area contributed by atoms with Gasteiger partial charge in [-0.3, -0.25) is 4.57 Å². The van der Waals surface area contributed by atoms with Crippen LogP contribution in [0, 0.1) is 4.77 Å². The summed E-state index contributed by atoms with van der Waals surface area (Å²) in [5.41, 5.74) is 0. The van der Waals surface area contributed by atoms with Crippen LogP contribution in [0.2, 0.25) is 0 Å². The third-order valence-electron chi connectivity index (χ3n) is 3.26. The molecule has 2 rings (SSSR count). The van der Waals surface area contributed by atoms with Crippen LogP contribution >= 0.6 is 12.2 Å². The molecule has 0 amide bonds. The Morgan fingerprint density at radius 3 is 2.74 bits per heavy atom. The minimum absolute atomic E-state index is 0.0416. The molecule has 2 N–H and O–H groups in total. The van der Waals surface area contributed by atoms with Gasteiger partial charge in [0.05, 0.1) is 6.54 Å². The maximum atomic E-state index is 12.7. The molecule has 2 atom stereocenters. The summed E-state index contributed by atoms with van der Waals surface area (Å²) < 4.78 is 40.2. The Labute approximate surface area is 113 Å². The fraction of sp³-hybridized carbons (Fsp3) is 0.800. The Bertz CT molecular complexity index is 510. The average Bonchev–Trinajstić information content (AvgIpc) is 2.57. The van der Waals surface area contributed by atoms with Gasteiger partial charge in [-0.15, -0.1) is 5.10 Å². The van der Waals surface area contributed by atoms with Gasteiger partial charge in [-0.1, -0.05) is 0 Å². The highest BCUT2D eigenvalue weighted by Crippen LogP contribution is 2.27. The van der Waals surface area contributed by atoms with E-state index in [0.29, 0.717) is 6.54 Å². The molecule has 1 aliphatic heterocycles. The maximum Gasteiger partial charge on any atom is 0.451 e. The first-order chi connectivity index (χ1) is 8.79. The molecule has 19 heavy (non-hydrogen) atoms. The number of aromatic nitrogens is 3. The molecule has 5 nitrogen and oxygen atoms in total. The van der Waals surface area contributed by atoms with Crippen LogP contribution in [0.1, 0.15) is 18.7 Å². The predicted octanol–water partition coefficient (Wildman–Crippen LogP) is -0.0330. The van der Waals surface area contributed by atoms with Crippen LogP contribution in [-0.2, 0) is 19.9 Å². The molecule has 108 valence electrons. The maximum absolute atomic E-state index is 12.7. The summed E-state index contributed by atoms with van der Waals surface area (Å²) in [5, 5.41) is 13.1. The first-order valence-electron chi connectivity index (χ1n) is 6.01. The molecule has 0 radical (unpaired) electrons. The second kappa shape index (κ2) is 5.22. The Kier molecular flexibility index (Phi) is 3.98. The van der Waals surface area contributed by atoms with Gasteiger partial charge in [-0.25, -0.2) is 0 Å². The van der Waals surface area contributed by atoms with Crippen LogP contribution in [0.5, 0.6) is 0 Å². The number of likely N-dealkylation sites (tertiary alicyclic amines) is 1. The summed E-state index contributed by atoms with van der Waals surface area (Å²) in [6, 6.07) is 0. The first kappa shape index (κ1) is 14.5. The number of halogens is 3. The number of rotatable bonds is 2. The lowest BCUT2D eigenvalue weighted by Crippen LogP contribution is -3.13. The zero-order valence-corrected chi connectivity index (χ0v) is 11.3. The van der Waals surface area contributed by atoms with Crippen LogP contribution in [0.4, 0.5) is 13.2 Å².